The van der Waals surface area contributed by atoms with Crippen molar-refractivity contribution in [3.63, 3.8) is 0 Å². The lowest BCUT2D eigenvalue weighted by Crippen LogP contribution is -2.42. The van der Waals surface area contributed by atoms with Gasteiger partial charge in [-0.05, 0) is 30.9 Å². The Morgan fingerprint density at radius 3 is 1.91 bits per heavy atom. The summed E-state index contributed by atoms with van der Waals surface area (Å²) in [5.74, 6) is -1.82. The van der Waals surface area contributed by atoms with Crippen LogP contribution < -0.4 is 11.1 Å². The van der Waals surface area contributed by atoms with Crippen molar-refractivity contribution in [3.05, 3.63) is 71.8 Å². The Kier molecular flexibility index (Phi) is 10.8. The van der Waals surface area contributed by atoms with Gasteiger partial charge in [-0.1, -0.05) is 60.7 Å². The van der Waals surface area contributed by atoms with Crippen LogP contribution in [0.15, 0.2) is 60.7 Å². The van der Waals surface area contributed by atoms with Crippen LogP contribution in [0.2, 0.25) is 0 Å². The zero-order valence-electron chi connectivity index (χ0n) is 18.7. The maximum Gasteiger partial charge on any atom is 0.328 e. The highest BCUT2D eigenvalue weighted by molar-refractivity contribution is 5.86. The van der Waals surface area contributed by atoms with E-state index in [2.05, 4.69) is 5.32 Å². The Balaban J connectivity index is 1.90. The first-order valence-corrected chi connectivity index (χ1v) is 10.8. The fourth-order valence-electron chi connectivity index (χ4n) is 2.91. The van der Waals surface area contributed by atoms with Crippen molar-refractivity contribution in [1.29, 1.82) is 0 Å². The summed E-state index contributed by atoms with van der Waals surface area (Å²) in [6.45, 7) is 1.52. The number of hydrogen-bond donors (Lipinski definition) is 2. The number of amides is 1. The molecule has 2 atom stereocenters. The van der Waals surface area contributed by atoms with Crippen LogP contribution in [-0.4, -0.2) is 35.7 Å². The van der Waals surface area contributed by atoms with Crippen molar-refractivity contribution in [2.75, 3.05) is 0 Å². The maximum atomic E-state index is 12.6. The van der Waals surface area contributed by atoms with Gasteiger partial charge < -0.3 is 20.5 Å². The second kappa shape index (κ2) is 13.8. The highest BCUT2D eigenvalue weighted by atomic mass is 16.5. The van der Waals surface area contributed by atoms with Gasteiger partial charge >= 0.3 is 11.9 Å². The number of nitrogens with one attached hydrogen (secondary N) is 1. The molecule has 2 aromatic rings. The summed E-state index contributed by atoms with van der Waals surface area (Å²) >= 11 is 0. The average molecular weight is 455 g/mol. The Bertz CT molecular complexity index is 917. The Hall–Kier alpha value is -3.52. The maximum absolute atomic E-state index is 12.6. The van der Waals surface area contributed by atoms with E-state index in [0.29, 0.717) is 0 Å². The first-order chi connectivity index (χ1) is 15.8. The molecule has 0 aliphatic rings. The van der Waals surface area contributed by atoms with Crippen LogP contribution in [0.25, 0.3) is 0 Å². The molecule has 0 fully saturated rings. The molecule has 176 valence electrons. The summed E-state index contributed by atoms with van der Waals surface area (Å²) in [6.07, 6.45) is 0.0741. The topological polar surface area (TPSA) is 125 Å². The third kappa shape index (κ3) is 10.1. The van der Waals surface area contributed by atoms with Crippen molar-refractivity contribution >= 4 is 23.6 Å². The van der Waals surface area contributed by atoms with Gasteiger partial charge in [-0.15, -0.1) is 0 Å². The van der Waals surface area contributed by atoms with E-state index in [1.54, 1.807) is 0 Å². The van der Waals surface area contributed by atoms with Gasteiger partial charge in [0.25, 0.3) is 0 Å². The third-order valence-corrected chi connectivity index (χ3v) is 4.93. The molecule has 1 amide bonds. The molecule has 0 radical (unpaired) electrons. The minimum Gasteiger partial charge on any atom is -0.461 e. The summed E-state index contributed by atoms with van der Waals surface area (Å²) in [4.78, 5) is 48.4. The molecule has 0 spiro atoms. The third-order valence-electron chi connectivity index (χ3n) is 4.93. The molecule has 0 aromatic heterocycles. The van der Waals surface area contributed by atoms with Gasteiger partial charge in [-0.3, -0.25) is 14.4 Å². The molecule has 33 heavy (non-hydrogen) atoms. The molecule has 0 aliphatic heterocycles. The second-order valence-corrected chi connectivity index (χ2v) is 7.65. The molecule has 8 heteroatoms. The lowest BCUT2D eigenvalue weighted by atomic mass is 10.1. The summed E-state index contributed by atoms with van der Waals surface area (Å²) in [5, 5.41) is 2.59. The number of rotatable bonds is 13. The van der Waals surface area contributed by atoms with E-state index in [1.807, 2.05) is 60.7 Å². The van der Waals surface area contributed by atoms with E-state index < -0.39 is 29.9 Å². The smallest absolute Gasteiger partial charge is 0.328 e. The SMILES string of the molecule is CC(=O)C(N)CCC(=O)NC(CCC(=O)OCc1ccccc1)C(=O)OCc1ccccc1. The molecule has 0 saturated carbocycles. The Labute approximate surface area is 193 Å². The molecule has 0 saturated heterocycles. The van der Waals surface area contributed by atoms with E-state index in [-0.39, 0.29) is 44.7 Å². The molecular formula is C25H30N2O6. The molecule has 3 N–H and O–H groups in total. The predicted octanol–water partition coefficient (Wildman–Crippen LogP) is 2.43. The van der Waals surface area contributed by atoms with Gasteiger partial charge in [0.1, 0.15) is 25.0 Å². The van der Waals surface area contributed by atoms with Gasteiger partial charge in [-0.2, -0.15) is 0 Å². The number of ketones is 1. The number of carbonyl (C=O) groups excluding carboxylic acids is 4. The van der Waals surface area contributed by atoms with Gasteiger partial charge in [0.05, 0.1) is 6.04 Å². The highest BCUT2D eigenvalue weighted by Crippen LogP contribution is 2.09. The Morgan fingerprint density at radius 1 is 0.818 bits per heavy atom. The number of ether oxygens (including phenoxy) is 2. The highest BCUT2D eigenvalue weighted by Gasteiger charge is 2.24. The van der Waals surface area contributed by atoms with E-state index in [4.69, 9.17) is 15.2 Å². The summed E-state index contributed by atoms with van der Waals surface area (Å²) in [7, 11) is 0. The molecule has 2 rings (SSSR count). The summed E-state index contributed by atoms with van der Waals surface area (Å²) in [6, 6.07) is 16.6. The minimum absolute atomic E-state index is 0.0196. The molecular weight excluding hydrogens is 424 g/mol. The van der Waals surface area contributed by atoms with Crippen molar-refractivity contribution in [2.24, 2.45) is 5.73 Å². The van der Waals surface area contributed by atoms with Crippen molar-refractivity contribution < 1.29 is 28.7 Å². The van der Waals surface area contributed by atoms with Crippen LogP contribution in [0.5, 0.6) is 0 Å². The number of nitrogens with two attached hydrogens (primary N) is 1. The lowest BCUT2D eigenvalue weighted by molar-refractivity contribution is -0.150. The number of esters is 2. The average Bonchev–Trinajstić information content (AvgIpc) is 2.83. The van der Waals surface area contributed by atoms with Crippen LogP contribution in [0, 0.1) is 0 Å². The first-order valence-electron chi connectivity index (χ1n) is 10.8. The number of hydrogen-bond acceptors (Lipinski definition) is 7. The molecule has 2 aromatic carbocycles. The standard InChI is InChI=1S/C25H30N2O6/c1-18(28)21(26)12-14-23(29)27-22(25(31)33-17-20-10-6-3-7-11-20)13-15-24(30)32-16-19-8-4-2-5-9-19/h2-11,21-22H,12-17,26H2,1H3,(H,27,29). The minimum atomic E-state index is -1.03. The zero-order chi connectivity index (χ0) is 24.1. The van der Waals surface area contributed by atoms with E-state index in [1.165, 1.54) is 6.92 Å². The van der Waals surface area contributed by atoms with Crippen LogP contribution in [0.4, 0.5) is 0 Å². The van der Waals surface area contributed by atoms with E-state index >= 15 is 0 Å². The van der Waals surface area contributed by atoms with Crippen molar-refractivity contribution in [1.82, 2.24) is 5.32 Å². The van der Waals surface area contributed by atoms with Gasteiger partial charge in [-0.25, -0.2) is 4.79 Å². The van der Waals surface area contributed by atoms with E-state index in [0.717, 1.165) is 11.1 Å². The summed E-state index contributed by atoms with van der Waals surface area (Å²) in [5.41, 5.74) is 7.31. The zero-order valence-corrected chi connectivity index (χ0v) is 18.7. The molecule has 0 heterocycles. The Morgan fingerprint density at radius 2 is 1.36 bits per heavy atom. The predicted molar refractivity (Wildman–Crippen MR) is 122 cm³/mol. The molecule has 8 nitrogen and oxygen atoms in total. The monoisotopic (exact) mass is 454 g/mol. The molecule has 0 aliphatic carbocycles. The molecule has 0 bridgehead atoms. The fraction of sp³-hybridized carbons (Fsp3) is 0.360. The largest absolute Gasteiger partial charge is 0.461 e. The number of benzene rings is 2. The lowest BCUT2D eigenvalue weighted by Gasteiger charge is -2.18. The molecule has 2 unspecified atom stereocenters. The number of carbonyl (C=O) groups is 4. The van der Waals surface area contributed by atoms with Crippen molar-refractivity contribution in [2.45, 2.75) is 57.9 Å². The second-order valence-electron chi connectivity index (χ2n) is 7.65. The van der Waals surface area contributed by atoms with Crippen LogP contribution in [-0.2, 0) is 41.9 Å². The van der Waals surface area contributed by atoms with Crippen LogP contribution in [0.1, 0.15) is 43.7 Å². The van der Waals surface area contributed by atoms with Gasteiger partial charge in [0.2, 0.25) is 5.91 Å². The van der Waals surface area contributed by atoms with E-state index in [9.17, 15) is 19.2 Å². The summed E-state index contributed by atoms with van der Waals surface area (Å²) < 4.78 is 10.6. The quantitative estimate of drug-likeness (QED) is 0.445. The number of Topliss-reactive ketones (excluding diaryl/α,β-unsaturated/α-hetero) is 1. The normalized spacial score (nSPS) is 12.3. The van der Waals surface area contributed by atoms with Gasteiger partial charge in [0.15, 0.2) is 0 Å². The first kappa shape index (κ1) is 25.7. The van der Waals surface area contributed by atoms with Gasteiger partial charge in [0, 0.05) is 12.8 Å². The van der Waals surface area contributed by atoms with Crippen LogP contribution in [0.3, 0.4) is 0 Å². The van der Waals surface area contributed by atoms with Crippen molar-refractivity contribution in [3.8, 4) is 0 Å². The fourth-order valence-corrected chi connectivity index (χ4v) is 2.91. The van der Waals surface area contributed by atoms with Crippen LogP contribution >= 0.6 is 0 Å².